The number of rotatable bonds is 4. The van der Waals surface area contributed by atoms with E-state index in [2.05, 4.69) is 10.1 Å². The summed E-state index contributed by atoms with van der Waals surface area (Å²) in [5, 5.41) is 4.00. The lowest BCUT2D eigenvalue weighted by atomic mass is 10.1. The minimum Gasteiger partial charge on any atom is -0.340 e. The van der Waals surface area contributed by atoms with Crippen molar-refractivity contribution < 1.29 is 17.7 Å². The number of hydrogen-bond acceptors (Lipinski definition) is 4. The van der Waals surface area contributed by atoms with Gasteiger partial charge in [0.05, 0.1) is 6.54 Å². The lowest BCUT2D eigenvalue weighted by Gasteiger charge is -2.29. The standard InChI is InChI=1S/C13H13ClF3N3O/c1-8-18-11(19-21-8)7-20(2)12(13(15,16)17)9-3-5-10(14)6-4-9/h3-6,12H,7H2,1-2H3/t12-/m0/s1. The SMILES string of the molecule is Cc1nc(CN(C)[C@@H](c2ccc(Cl)cc2)C(F)(F)F)no1. The number of alkyl halides is 3. The molecule has 0 spiro atoms. The normalized spacial score (nSPS) is 13.7. The van der Waals surface area contributed by atoms with E-state index in [1.807, 2.05) is 0 Å². The molecule has 0 saturated heterocycles. The summed E-state index contributed by atoms with van der Waals surface area (Å²) in [4.78, 5) is 5.03. The summed E-state index contributed by atoms with van der Waals surface area (Å²) in [6.07, 6.45) is -4.43. The summed E-state index contributed by atoms with van der Waals surface area (Å²) in [6, 6.07) is 3.81. The summed E-state index contributed by atoms with van der Waals surface area (Å²) in [7, 11) is 1.36. The maximum atomic E-state index is 13.3. The molecule has 1 atom stereocenters. The Morgan fingerprint density at radius 2 is 1.90 bits per heavy atom. The lowest BCUT2D eigenvalue weighted by Crippen LogP contribution is -2.35. The van der Waals surface area contributed by atoms with Gasteiger partial charge in [-0.05, 0) is 24.7 Å². The van der Waals surface area contributed by atoms with Gasteiger partial charge in [0, 0.05) is 11.9 Å². The summed E-state index contributed by atoms with van der Waals surface area (Å²) < 4.78 is 44.7. The summed E-state index contributed by atoms with van der Waals surface area (Å²) in [5.74, 6) is 0.520. The van der Waals surface area contributed by atoms with Crippen molar-refractivity contribution in [3.63, 3.8) is 0 Å². The number of nitrogens with zero attached hydrogens (tertiary/aromatic N) is 3. The van der Waals surface area contributed by atoms with Crippen LogP contribution in [0, 0.1) is 6.92 Å². The van der Waals surface area contributed by atoms with Crippen LogP contribution in [-0.4, -0.2) is 28.3 Å². The molecule has 1 aromatic heterocycles. The Hall–Kier alpha value is -1.60. The average molecular weight is 320 g/mol. The molecule has 1 aromatic carbocycles. The van der Waals surface area contributed by atoms with Crippen molar-refractivity contribution in [1.82, 2.24) is 15.0 Å². The van der Waals surface area contributed by atoms with Crippen molar-refractivity contribution in [3.8, 4) is 0 Å². The second kappa shape index (κ2) is 6.03. The van der Waals surface area contributed by atoms with Gasteiger partial charge in [0.1, 0.15) is 6.04 Å². The molecule has 0 unspecified atom stereocenters. The van der Waals surface area contributed by atoms with E-state index in [4.69, 9.17) is 16.1 Å². The van der Waals surface area contributed by atoms with E-state index in [1.165, 1.54) is 31.3 Å². The molecule has 0 saturated carbocycles. The van der Waals surface area contributed by atoms with E-state index in [0.717, 1.165) is 4.90 Å². The minimum atomic E-state index is -4.43. The fourth-order valence-electron chi connectivity index (χ4n) is 2.06. The van der Waals surface area contributed by atoms with Crippen LogP contribution in [-0.2, 0) is 6.54 Å². The summed E-state index contributed by atoms with van der Waals surface area (Å²) >= 11 is 5.72. The Bertz CT molecular complexity index is 597. The highest BCUT2D eigenvalue weighted by Crippen LogP contribution is 2.37. The van der Waals surface area contributed by atoms with Gasteiger partial charge in [-0.2, -0.15) is 18.2 Å². The largest absolute Gasteiger partial charge is 0.408 e. The number of aromatic nitrogens is 2. The maximum absolute atomic E-state index is 13.3. The van der Waals surface area contributed by atoms with E-state index in [1.54, 1.807) is 6.92 Å². The smallest absolute Gasteiger partial charge is 0.340 e. The highest BCUT2D eigenvalue weighted by atomic mass is 35.5. The van der Waals surface area contributed by atoms with Crippen molar-refractivity contribution in [3.05, 3.63) is 46.6 Å². The van der Waals surface area contributed by atoms with Crippen LogP contribution in [0.25, 0.3) is 0 Å². The molecule has 0 bridgehead atoms. The topological polar surface area (TPSA) is 42.2 Å². The van der Waals surface area contributed by atoms with Gasteiger partial charge in [0.15, 0.2) is 5.82 Å². The molecular weight excluding hydrogens is 307 g/mol. The van der Waals surface area contributed by atoms with Gasteiger partial charge in [0.25, 0.3) is 0 Å². The maximum Gasteiger partial charge on any atom is 0.408 e. The van der Waals surface area contributed by atoms with Gasteiger partial charge >= 0.3 is 6.18 Å². The van der Waals surface area contributed by atoms with Gasteiger partial charge in [-0.15, -0.1) is 0 Å². The number of benzene rings is 1. The van der Waals surface area contributed by atoms with E-state index in [0.29, 0.717) is 10.9 Å². The molecule has 4 nitrogen and oxygen atoms in total. The molecule has 21 heavy (non-hydrogen) atoms. The Morgan fingerprint density at radius 3 is 2.38 bits per heavy atom. The fraction of sp³-hybridized carbons (Fsp3) is 0.385. The van der Waals surface area contributed by atoms with Crippen molar-refractivity contribution in [2.24, 2.45) is 0 Å². The third kappa shape index (κ3) is 3.95. The predicted octanol–water partition coefficient (Wildman–Crippen LogP) is 3.77. The van der Waals surface area contributed by atoms with Gasteiger partial charge in [-0.3, -0.25) is 4.90 Å². The van der Waals surface area contributed by atoms with Crippen LogP contribution in [0.3, 0.4) is 0 Å². The summed E-state index contributed by atoms with van der Waals surface area (Å²) in [5.41, 5.74) is 0.106. The van der Waals surface area contributed by atoms with Gasteiger partial charge in [0.2, 0.25) is 5.89 Å². The van der Waals surface area contributed by atoms with Gasteiger partial charge in [-0.25, -0.2) is 0 Å². The van der Waals surface area contributed by atoms with Crippen LogP contribution >= 0.6 is 11.6 Å². The van der Waals surface area contributed by atoms with Crippen LogP contribution in [0.5, 0.6) is 0 Å². The first-order chi connectivity index (χ1) is 9.77. The summed E-state index contributed by atoms with van der Waals surface area (Å²) in [6.45, 7) is 1.50. The Kier molecular flexibility index (Phi) is 4.53. The Morgan fingerprint density at radius 1 is 1.29 bits per heavy atom. The van der Waals surface area contributed by atoms with E-state index in [-0.39, 0.29) is 17.9 Å². The first kappa shape index (κ1) is 15.8. The highest BCUT2D eigenvalue weighted by molar-refractivity contribution is 6.30. The van der Waals surface area contributed by atoms with Crippen LogP contribution in [0.4, 0.5) is 13.2 Å². The molecule has 0 aliphatic rings. The molecule has 1 heterocycles. The van der Waals surface area contributed by atoms with Gasteiger partial charge in [-0.1, -0.05) is 28.9 Å². The lowest BCUT2D eigenvalue weighted by molar-refractivity contribution is -0.184. The third-order valence-electron chi connectivity index (χ3n) is 2.90. The molecule has 0 N–H and O–H groups in total. The molecule has 2 rings (SSSR count). The zero-order valence-electron chi connectivity index (χ0n) is 11.4. The molecule has 0 aliphatic heterocycles. The monoisotopic (exact) mass is 319 g/mol. The van der Waals surface area contributed by atoms with Crippen LogP contribution in [0.15, 0.2) is 28.8 Å². The molecular formula is C13H13ClF3N3O. The first-order valence-electron chi connectivity index (χ1n) is 6.09. The Labute approximate surface area is 124 Å². The Balaban J connectivity index is 2.25. The predicted molar refractivity (Wildman–Crippen MR) is 70.8 cm³/mol. The molecule has 0 aliphatic carbocycles. The molecule has 8 heteroatoms. The van der Waals surface area contributed by atoms with E-state index < -0.39 is 12.2 Å². The third-order valence-corrected chi connectivity index (χ3v) is 3.15. The molecule has 0 radical (unpaired) electrons. The fourth-order valence-corrected chi connectivity index (χ4v) is 2.18. The quantitative estimate of drug-likeness (QED) is 0.860. The highest BCUT2D eigenvalue weighted by Gasteiger charge is 2.43. The molecule has 114 valence electrons. The molecule has 0 amide bonds. The van der Waals surface area contributed by atoms with Crippen molar-refractivity contribution in [2.45, 2.75) is 25.7 Å². The number of hydrogen-bond donors (Lipinski definition) is 0. The number of halogens is 4. The molecule has 0 fully saturated rings. The van der Waals surface area contributed by atoms with Crippen LogP contribution < -0.4 is 0 Å². The second-order valence-corrected chi connectivity index (χ2v) is 5.08. The zero-order valence-corrected chi connectivity index (χ0v) is 12.1. The van der Waals surface area contributed by atoms with E-state index in [9.17, 15) is 13.2 Å². The van der Waals surface area contributed by atoms with Crippen molar-refractivity contribution in [2.75, 3.05) is 7.05 Å². The van der Waals surface area contributed by atoms with Crippen molar-refractivity contribution in [1.29, 1.82) is 0 Å². The van der Waals surface area contributed by atoms with E-state index >= 15 is 0 Å². The van der Waals surface area contributed by atoms with Crippen molar-refractivity contribution >= 4 is 11.6 Å². The first-order valence-corrected chi connectivity index (χ1v) is 6.47. The van der Waals surface area contributed by atoms with Gasteiger partial charge < -0.3 is 4.52 Å². The minimum absolute atomic E-state index is 0.0792. The second-order valence-electron chi connectivity index (χ2n) is 4.64. The van der Waals surface area contributed by atoms with Crippen LogP contribution in [0.1, 0.15) is 23.3 Å². The molecule has 2 aromatic rings. The zero-order chi connectivity index (χ0) is 15.6. The van der Waals surface area contributed by atoms with Crippen LogP contribution in [0.2, 0.25) is 5.02 Å². The average Bonchev–Trinajstić information content (AvgIpc) is 2.76. The number of aryl methyl sites for hydroxylation is 1.